The molecule has 2 fully saturated rings. The van der Waals surface area contributed by atoms with E-state index in [9.17, 15) is 4.79 Å². The SMILES string of the molecule is CC(C)(C)OC(=O)NC1CC2CCC(C1)N2c1ncc(Cl)nn1. The fraction of sp³-hybridized carbons (Fsp3) is 0.733. The highest BCUT2D eigenvalue weighted by Gasteiger charge is 2.42. The Kier molecular flexibility index (Phi) is 4.31. The van der Waals surface area contributed by atoms with E-state index in [0.717, 1.165) is 25.7 Å². The van der Waals surface area contributed by atoms with Crippen LogP contribution in [0.5, 0.6) is 0 Å². The average Bonchev–Trinajstić information content (AvgIpc) is 2.70. The monoisotopic (exact) mass is 339 g/mol. The molecule has 2 bridgehead atoms. The molecule has 0 saturated carbocycles. The molecule has 2 aliphatic heterocycles. The Balaban J connectivity index is 1.63. The standard InChI is InChI=1S/C15H22ClN5O2/c1-15(2,3)23-14(22)18-9-6-10-4-5-11(7-9)21(10)13-17-8-12(16)19-20-13/h8-11H,4-7H2,1-3H3,(H,18,22). The number of halogens is 1. The number of aromatic nitrogens is 3. The number of anilines is 1. The lowest BCUT2D eigenvalue weighted by Crippen LogP contribution is -2.51. The maximum atomic E-state index is 12.0. The Hall–Kier alpha value is -1.63. The van der Waals surface area contributed by atoms with Crippen molar-refractivity contribution in [1.82, 2.24) is 20.5 Å². The zero-order chi connectivity index (χ0) is 16.6. The first-order chi connectivity index (χ1) is 10.8. The van der Waals surface area contributed by atoms with E-state index in [0.29, 0.717) is 23.2 Å². The second-order valence-corrected chi connectivity index (χ2v) is 7.57. The first-order valence-corrected chi connectivity index (χ1v) is 8.33. The number of hydrogen-bond donors (Lipinski definition) is 1. The van der Waals surface area contributed by atoms with Crippen molar-refractivity contribution < 1.29 is 9.53 Å². The molecule has 3 rings (SSSR count). The van der Waals surface area contributed by atoms with Crippen LogP contribution < -0.4 is 10.2 Å². The lowest BCUT2D eigenvalue weighted by molar-refractivity contribution is 0.0492. The van der Waals surface area contributed by atoms with Crippen LogP contribution in [-0.2, 0) is 4.74 Å². The van der Waals surface area contributed by atoms with Gasteiger partial charge in [-0.2, -0.15) is 0 Å². The second-order valence-electron chi connectivity index (χ2n) is 7.19. The fourth-order valence-electron chi connectivity index (χ4n) is 3.47. The number of ether oxygens (including phenoxy) is 1. The number of rotatable bonds is 2. The number of carbonyl (C=O) groups excluding carboxylic acids is 1. The maximum Gasteiger partial charge on any atom is 0.407 e. The van der Waals surface area contributed by atoms with Crippen LogP contribution in [0, 0.1) is 0 Å². The zero-order valence-corrected chi connectivity index (χ0v) is 14.4. The number of carbonyl (C=O) groups is 1. The van der Waals surface area contributed by atoms with Crippen molar-refractivity contribution in [3.63, 3.8) is 0 Å². The van der Waals surface area contributed by atoms with Crippen LogP contribution in [0.2, 0.25) is 5.15 Å². The molecule has 2 unspecified atom stereocenters. The van der Waals surface area contributed by atoms with Crippen molar-refractivity contribution in [3.8, 4) is 0 Å². The van der Waals surface area contributed by atoms with E-state index < -0.39 is 5.60 Å². The van der Waals surface area contributed by atoms with E-state index in [4.69, 9.17) is 16.3 Å². The average molecular weight is 340 g/mol. The largest absolute Gasteiger partial charge is 0.444 e. The highest BCUT2D eigenvalue weighted by Crippen LogP contribution is 2.37. The summed E-state index contributed by atoms with van der Waals surface area (Å²) in [6.07, 6.45) is 5.05. The van der Waals surface area contributed by atoms with Gasteiger partial charge in [-0.1, -0.05) is 11.6 Å². The van der Waals surface area contributed by atoms with Gasteiger partial charge in [0.2, 0.25) is 5.95 Å². The van der Waals surface area contributed by atoms with Crippen LogP contribution in [0.1, 0.15) is 46.5 Å². The Bertz CT molecular complexity index is 560. The van der Waals surface area contributed by atoms with Crippen LogP contribution in [-0.4, -0.2) is 45.0 Å². The zero-order valence-electron chi connectivity index (χ0n) is 13.6. The van der Waals surface area contributed by atoms with E-state index >= 15 is 0 Å². The van der Waals surface area contributed by atoms with Gasteiger partial charge in [0.1, 0.15) is 5.60 Å². The van der Waals surface area contributed by atoms with Gasteiger partial charge in [-0.25, -0.2) is 9.78 Å². The predicted octanol–water partition coefficient (Wildman–Crippen LogP) is 2.55. The number of hydrogen-bond acceptors (Lipinski definition) is 6. The lowest BCUT2D eigenvalue weighted by Gasteiger charge is -2.39. The van der Waals surface area contributed by atoms with Crippen molar-refractivity contribution >= 4 is 23.6 Å². The molecule has 0 aromatic carbocycles. The van der Waals surface area contributed by atoms with E-state index in [2.05, 4.69) is 25.4 Å². The molecule has 0 aliphatic carbocycles. The number of amides is 1. The van der Waals surface area contributed by atoms with Crippen LogP contribution in [0.15, 0.2) is 6.20 Å². The Morgan fingerprint density at radius 1 is 1.30 bits per heavy atom. The second kappa shape index (κ2) is 6.11. The van der Waals surface area contributed by atoms with Crippen molar-refractivity contribution in [2.24, 2.45) is 0 Å². The van der Waals surface area contributed by atoms with E-state index in [1.54, 1.807) is 0 Å². The Morgan fingerprint density at radius 2 is 1.96 bits per heavy atom. The molecule has 2 saturated heterocycles. The summed E-state index contributed by atoms with van der Waals surface area (Å²) in [7, 11) is 0. The molecular formula is C15H22ClN5O2. The molecule has 3 heterocycles. The number of nitrogens with zero attached hydrogens (tertiary/aromatic N) is 4. The van der Waals surface area contributed by atoms with E-state index in [1.165, 1.54) is 6.20 Å². The van der Waals surface area contributed by atoms with E-state index in [-0.39, 0.29) is 12.1 Å². The molecule has 1 amide bonds. The van der Waals surface area contributed by atoms with Gasteiger partial charge >= 0.3 is 6.09 Å². The normalized spacial score (nSPS) is 27.0. The van der Waals surface area contributed by atoms with Gasteiger partial charge in [-0.3, -0.25) is 0 Å². The number of nitrogens with one attached hydrogen (secondary N) is 1. The van der Waals surface area contributed by atoms with Crippen LogP contribution in [0.25, 0.3) is 0 Å². The molecule has 1 N–H and O–H groups in total. The molecule has 126 valence electrons. The van der Waals surface area contributed by atoms with Crippen LogP contribution >= 0.6 is 11.6 Å². The highest BCUT2D eigenvalue weighted by molar-refractivity contribution is 6.29. The molecule has 23 heavy (non-hydrogen) atoms. The minimum absolute atomic E-state index is 0.124. The Morgan fingerprint density at radius 3 is 2.48 bits per heavy atom. The van der Waals surface area contributed by atoms with Gasteiger partial charge in [-0.05, 0) is 46.5 Å². The molecule has 0 spiro atoms. The highest BCUT2D eigenvalue weighted by atomic mass is 35.5. The molecular weight excluding hydrogens is 318 g/mol. The predicted molar refractivity (Wildman–Crippen MR) is 86.5 cm³/mol. The third-order valence-electron chi connectivity index (χ3n) is 4.21. The summed E-state index contributed by atoms with van der Waals surface area (Å²) in [6.45, 7) is 5.59. The van der Waals surface area contributed by atoms with E-state index in [1.807, 2.05) is 20.8 Å². The van der Waals surface area contributed by atoms with Crippen molar-refractivity contribution in [3.05, 3.63) is 11.3 Å². The van der Waals surface area contributed by atoms with Gasteiger partial charge in [0.15, 0.2) is 5.15 Å². The fourth-order valence-corrected chi connectivity index (χ4v) is 3.56. The summed E-state index contributed by atoms with van der Waals surface area (Å²) in [5, 5.41) is 11.3. The molecule has 7 nitrogen and oxygen atoms in total. The van der Waals surface area contributed by atoms with Gasteiger partial charge < -0.3 is 15.0 Å². The molecule has 8 heteroatoms. The molecule has 1 aromatic rings. The summed E-state index contributed by atoms with van der Waals surface area (Å²) in [4.78, 5) is 18.5. The summed E-state index contributed by atoms with van der Waals surface area (Å²) < 4.78 is 5.34. The minimum atomic E-state index is -0.480. The molecule has 1 aromatic heterocycles. The summed E-state index contributed by atoms with van der Waals surface area (Å²) in [5.41, 5.74) is -0.480. The van der Waals surface area contributed by atoms with Crippen molar-refractivity contribution in [1.29, 1.82) is 0 Å². The van der Waals surface area contributed by atoms with Crippen LogP contribution in [0.4, 0.5) is 10.7 Å². The molecule has 0 radical (unpaired) electrons. The topological polar surface area (TPSA) is 80.2 Å². The van der Waals surface area contributed by atoms with Gasteiger partial charge in [0, 0.05) is 18.1 Å². The van der Waals surface area contributed by atoms with Gasteiger partial charge in [0.05, 0.1) is 6.20 Å². The third kappa shape index (κ3) is 3.83. The van der Waals surface area contributed by atoms with Gasteiger partial charge in [-0.15, -0.1) is 10.2 Å². The molecule has 2 atom stereocenters. The first-order valence-electron chi connectivity index (χ1n) is 7.95. The lowest BCUT2D eigenvalue weighted by atomic mass is 9.98. The molecule has 2 aliphatic rings. The number of piperidine rings is 1. The third-order valence-corrected chi connectivity index (χ3v) is 4.38. The summed E-state index contributed by atoms with van der Waals surface area (Å²) in [6, 6.07) is 0.757. The number of alkyl carbamates (subject to hydrolysis) is 1. The maximum absolute atomic E-state index is 12.0. The quantitative estimate of drug-likeness (QED) is 0.891. The Labute approximate surface area is 140 Å². The number of fused-ring (bicyclic) bond motifs is 2. The summed E-state index contributed by atoms with van der Waals surface area (Å²) in [5.74, 6) is 0.623. The summed E-state index contributed by atoms with van der Waals surface area (Å²) >= 11 is 5.76. The van der Waals surface area contributed by atoms with Crippen LogP contribution in [0.3, 0.4) is 0 Å². The smallest absolute Gasteiger partial charge is 0.407 e. The minimum Gasteiger partial charge on any atom is -0.444 e. The van der Waals surface area contributed by atoms with Gasteiger partial charge in [0.25, 0.3) is 0 Å². The van der Waals surface area contributed by atoms with Crippen molar-refractivity contribution in [2.45, 2.75) is 70.2 Å². The first kappa shape index (κ1) is 16.2. The van der Waals surface area contributed by atoms with Crippen molar-refractivity contribution in [2.75, 3.05) is 4.90 Å².